The second kappa shape index (κ2) is 4.42. The highest BCUT2D eigenvalue weighted by molar-refractivity contribution is 7.89. The zero-order chi connectivity index (χ0) is 14.5. The van der Waals surface area contributed by atoms with Crippen LogP contribution in [0.4, 0.5) is 5.82 Å². The van der Waals surface area contributed by atoms with Gasteiger partial charge in [-0.15, -0.1) is 11.3 Å². The van der Waals surface area contributed by atoms with Gasteiger partial charge in [-0.05, 0) is 20.3 Å². The Bertz CT molecular complexity index is 751. The van der Waals surface area contributed by atoms with Crippen molar-refractivity contribution in [3.63, 3.8) is 0 Å². The Labute approximate surface area is 120 Å². The first kappa shape index (κ1) is 13.8. The Hall–Kier alpha value is -1.16. The second-order valence-corrected chi connectivity index (χ2v) is 7.61. The number of nitrogens with one attached hydrogen (secondary N) is 1. The maximum absolute atomic E-state index is 12.6. The number of nitrogen functional groups attached to an aromatic ring is 1. The molecule has 3 rings (SSSR count). The van der Waals surface area contributed by atoms with Crippen LogP contribution in [0.3, 0.4) is 0 Å². The molecule has 0 amide bonds. The highest BCUT2D eigenvalue weighted by atomic mass is 32.2. The Morgan fingerprint density at radius 3 is 3.05 bits per heavy atom. The van der Waals surface area contributed by atoms with Crippen LogP contribution < -0.4 is 10.5 Å². The van der Waals surface area contributed by atoms with Crippen LogP contribution in [0.1, 0.15) is 20.3 Å². The van der Waals surface area contributed by atoms with Gasteiger partial charge in [0, 0.05) is 18.2 Å². The van der Waals surface area contributed by atoms with Gasteiger partial charge >= 0.3 is 0 Å². The summed E-state index contributed by atoms with van der Waals surface area (Å²) < 4.78 is 34.9. The molecule has 2 atom stereocenters. The lowest BCUT2D eigenvalue weighted by Gasteiger charge is -2.28. The number of fused-ring (bicyclic) bond motifs is 1. The van der Waals surface area contributed by atoms with Gasteiger partial charge in [0.05, 0.1) is 11.6 Å². The number of rotatable bonds is 3. The predicted molar refractivity (Wildman–Crippen MR) is 76.2 cm³/mol. The average molecular weight is 316 g/mol. The van der Waals surface area contributed by atoms with Crippen LogP contribution in [0.15, 0.2) is 16.6 Å². The van der Waals surface area contributed by atoms with Crippen molar-refractivity contribution in [1.29, 1.82) is 0 Å². The van der Waals surface area contributed by atoms with Crippen LogP contribution in [-0.2, 0) is 14.8 Å². The number of nitrogens with zero attached hydrogens (tertiary/aromatic N) is 2. The minimum absolute atomic E-state index is 0.00549. The molecule has 2 aromatic heterocycles. The van der Waals surface area contributed by atoms with E-state index in [1.54, 1.807) is 11.6 Å². The highest BCUT2D eigenvalue weighted by Crippen LogP contribution is 2.29. The Morgan fingerprint density at radius 1 is 1.65 bits per heavy atom. The molecule has 1 aliphatic rings. The third kappa shape index (κ3) is 2.01. The normalized spacial score (nSPS) is 27.4. The molecule has 1 saturated heterocycles. The minimum atomic E-state index is -3.77. The van der Waals surface area contributed by atoms with Crippen molar-refractivity contribution in [2.24, 2.45) is 0 Å². The second-order valence-electron chi connectivity index (χ2n) is 5.14. The third-order valence-corrected chi connectivity index (χ3v) is 6.16. The van der Waals surface area contributed by atoms with Crippen molar-refractivity contribution in [2.45, 2.75) is 36.9 Å². The van der Waals surface area contributed by atoms with Crippen LogP contribution in [0, 0.1) is 0 Å². The number of sulfonamides is 1. The molecule has 0 spiro atoms. The molecule has 20 heavy (non-hydrogen) atoms. The molecule has 3 heterocycles. The number of thiazole rings is 1. The topological polar surface area (TPSA) is 98.7 Å². The monoisotopic (exact) mass is 316 g/mol. The van der Waals surface area contributed by atoms with Crippen molar-refractivity contribution in [2.75, 3.05) is 12.3 Å². The van der Waals surface area contributed by atoms with Crippen LogP contribution >= 0.6 is 11.3 Å². The van der Waals surface area contributed by atoms with Gasteiger partial charge in [-0.3, -0.25) is 4.40 Å². The van der Waals surface area contributed by atoms with E-state index < -0.39 is 15.6 Å². The molecule has 110 valence electrons. The lowest BCUT2D eigenvalue weighted by Crippen LogP contribution is -2.50. The summed E-state index contributed by atoms with van der Waals surface area (Å²) in [5.74, 6) is 0.0134. The van der Waals surface area contributed by atoms with E-state index in [1.165, 1.54) is 15.7 Å². The summed E-state index contributed by atoms with van der Waals surface area (Å²) in [6.45, 7) is 4.23. The highest BCUT2D eigenvalue weighted by Gasteiger charge is 2.42. The van der Waals surface area contributed by atoms with Gasteiger partial charge in [0.2, 0.25) is 0 Å². The van der Waals surface area contributed by atoms with Crippen molar-refractivity contribution in [1.82, 2.24) is 14.1 Å². The van der Waals surface area contributed by atoms with Gasteiger partial charge < -0.3 is 10.5 Å². The van der Waals surface area contributed by atoms with Gasteiger partial charge in [0.25, 0.3) is 10.0 Å². The minimum Gasteiger partial charge on any atom is -0.381 e. The fourth-order valence-corrected chi connectivity index (χ4v) is 4.86. The summed E-state index contributed by atoms with van der Waals surface area (Å²) in [4.78, 5) is 4.62. The van der Waals surface area contributed by atoms with Gasteiger partial charge in [-0.1, -0.05) is 0 Å². The number of hydrogen-bond acceptors (Lipinski definition) is 6. The summed E-state index contributed by atoms with van der Waals surface area (Å²) in [7, 11) is -3.77. The van der Waals surface area contributed by atoms with Crippen LogP contribution in [-0.4, -0.2) is 36.1 Å². The lowest BCUT2D eigenvalue weighted by atomic mass is 9.97. The average Bonchev–Trinajstić information content (AvgIpc) is 2.94. The Balaban J connectivity index is 2.04. The fraction of sp³-hybridized carbons (Fsp3) is 0.545. The first-order valence-electron chi connectivity index (χ1n) is 6.20. The number of ether oxygens (including phenoxy) is 1. The zero-order valence-electron chi connectivity index (χ0n) is 11.2. The van der Waals surface area contributed by atoms with Crippen LogP contribution in [0.5, 0.6) is 0 Å². The summed E-state index contributed by atoms with van der Waals surface area (Å²) in [5.41, 5.74) is 5.13. The molecule has 0 aliphatic carbocycles. The first-order chi connectivity index (χ1) is 9.33. The van der Waals surface area contributed by atoms with Crippen molar-refractivity contribution in [3.05, 3.63) is 11.6 Å². The van der Waals surface area contributed by atoms with Gasteiger partial charge in [-0.2, -0.15) is 0 Å². The number of anilines is 1. The molecular formula is C11H16N4O3S2. The van der Waals surface area contributed by atoms with E-state index in [-0.39, 0.29) is 16.9 Å². The van der Waals surface area contributed by atoms with E-state index >= 15 is 0 Å². The molecule has 1 aliphatic heterocycles. The van der Waals surface area contributed by atoms with Gasteiger partial charge in [0.15, 0.2) is 15.8 Å². The zero-order valence-corrected chi connectivity index (χ0v) is 12.8. The third-order valence-electron chi connectivity index (χ3n) is 3.75. The standard InChI is InChI=1S/C11H16N4O3S2/c1-7-11(2,3-5-18-7)14-20(16,17)9-8(12)13-10-15(9)4-6-19-10/h4,6-7,14H,3,5,12H2,1-2H3. The van der Waals surface area contributed by atoms with E-state index in [0.29, 0.717) is 18.0 Å². The molecule has 2 unspecified atom stereocenters. The quantitative estimate of drug-likeness (QED) is 0.873. The summed E-state index contributed by atoms with van der Waals surface area (Å²) in [5, 5.41) is 1.76. The van der Waals surface area contributed by atoms with E-state index in [2.05, 4.69) is 9.71 Å². The van der Waals surface area contributed by atoms with Crippen molar-refractivity contribution in [3.8, 4) is 0 Å². The number of imidazole rings is 1. The molecule has 9 heteroatoms. The summed E-state index contributed by atoms with van der Waals surface area (Å²) in [6.07, 6.45) is 2.08. The number of nitrogens with two attached hydrogens (primary N) is 1. The van der Waals surface area contributed by atoms with Crippen LogP contribution in [0.25, 0.3) is 4.96 Å². The summed E-state index contributed by atoms with van der Waals surface area (Å²) in [6, 6.07) is 0. The number of aromatic nitrogens is 2. The molecular weight excluding hydrogens is 300 g/mol. The fourth-order valence-electron chi connectivity index (χ4n) is 2.37. The molecule has 0 aromatic carbocycles. The van der Waals surface area contributed by atoms with Crippen LogP contribution in [0.2, 0.25) is 0 Å². The largest absolute Gasteiger partial charge is 0.381 e. The summed E-state index contributed by atoms with van der Waals surface area (Å²) >= 11 is 1.34. The van der Waals surface area contributed by atoms with Gasteiger partial charge in [0.1, 0.15) is 0 Å². The van der Waals surface area contributed by atoms with Gasteiger partial charge in [-0.25, -0.2) is 18.1 Å². The van der Waals surface area contributed by atoms with Crippen molar-refractivity contribution < 1.29 is 13.2 Å². The molecule has 0 saturated carbocycles. The Morgan fingerprint density at radius 2 is 2.40 bits per heavy atom. The molecule has 1 fully saturated rings. The number of hydrogen-bond donors (Lipinski definition) is 2. The van der Waals surface area contributed by atoms with E-state index in [9.17, 15) is 8.42 Å². The van der Waals surface area contributed by atoms with E-state index in [4.69, 9.17) is 10.5 Å². The van der Waals surface area contributed by atoms with Crippen molar-refractivity contribution >= 4 is 32.1 Å². The van der Waals surface area contributed by atoms with E-state index in [0.717, 1.165) is 0 Å². The molecule has 0 radical (unpaired) electrons. The predicted octanol–water partition coefficient (Wildman–Crippen LogP) is 0.824. The SMILES string of the molecule is CC1OCCC1(C)NS(=O)(=O)c1c(N)nc2sccn12. The molecule has 0 bridgehead atoms. The maximum Gasteiger partial charge on any atom is 0.260 e. The first-order valence-corrected chi connectivity index (χ1v) is 8.56. The van der Waals surface area contributed by atoms with E-state index in [1.807, 2.05) is 13.8 Å². The molecule has 3 N–H and O–H groups in total. The Kier molecular flexibility index (Phi) is 3.05. The lowest BCUT2D eigenvalue weighted by molar-refractivity contribution is 0.0957. The smallest absolute Gasteiger partial charge is 0.260 e. The molecule has 7 nitrogen and oxygen atoms in total. The molecule has 2 aromatic rings. The maximum atomic E-state index is 12.6.